The molecular weight excluding hydrogens is 251 g/mol. The molecule has 60 valence electrons. The van der Waals surface area contributed by atoms with Gasteiger partial charge in [0, 0.05) is 0 Å². The SMILES string of the molecule is Cc1ccc(C)c(OI)c1C. The maximum Gasteiger partial charge on any atom is 0.192 e. The summed E-state index contributed by atoms with van der Waals surface area (Å²) in [5.74, 6) is 1.01. The Hall–Kier alpha value is -0.250. The summed E-state index contributed by atoms with van der Waals surface area (Å²) < 4.78 is 5.23. The average molecular weight is 262 g/mol. The lowest BCUT2D eigenvalue weighted by atomic mass is 10.1. The molecule has 1 aromatic rings. The minimum absolute atomic E-state index is 1.01. The van der Waals surface area contributed by atoms with E-state index in [1.807, 2.05) is 23.0 Å². The van der Waals surface area contributed by atoms with E-state index in [9.17, 15) is 0 Å². The lowest BCUT2D eigenvalue weighted by Gasteiger charge is -2.07. The number of hydrogen-bond acceptors (Lipinski definition) is 1. The van der Waals surface area contributed by atoms with E-state index in [-0.39, 0.29) is 0 Å². The molecule has 1 rings (SSSR count). The standard InChI is InChI=1S/C9H11IO/c1-6-4-5-7(2)9(11-10)8(6)3/h4-5H,1-3H3. The highest BCUT2D eigenvalue weighted by molar-refractivity contribution is 14.1. The third kappa shape index (κ3) is 1.67. The molecule has 0 heterocycles. The van der Waals surface area contributed by atoms with Crippen LogP contribution in [0.5, 0.6) is 5.75 Å². The van der Waals surface area contributed by atoms with Gasteiger partial charge in [-0.05, 0) is 37.5 Å². The van der Waals surface area contributed by atoms with Gasteiger partial charge in [0.25, 0.3) is 0 Å². The second kappa shape index (κ2) is 3.43. The fraction of sp³-hybridized carbons (Fsp3) is 0.333. The molecule has 0 aromatic heterocycles. The maximum atomic E-state index is 5.23. The van der Waals surface area contributed by atoms with Crippen molar-refractivity contribution in [2.75, 3.05) is 0 Å². The molecule has 0 radical (unpaired) electrons. The fourth-order valence-electron chi connectivity index (χ4n) is 1.04. The monoisotopic (exact) mass is 262 g/mol. The van der Waals surface area contributed by atoms with Crippen molar-refractivity contribution in [3.63, 3.8) is 0 Å². The third-order valence-electron chi connectivity index (χ3n) is 1.95. The van der Waals surface area contributed by atoms with Crippen LogP contribution in [-0.4, -0.2) is 0 Å². The second-order valence-electron chi connectivity index (χ2n) is 2.73. The normalized spacial score (nSPS) is 9.82. The number of halogens is 1. The highest BCUT2D eigenvalue weighted by atomic mass is 127. The smallest absolute Gasteiger partial charge is 0.192 e. The van der Waals surface area contributed by atoms with Crippen molar-refractivity contribution in [3.05, 3.63) is 28.8 Å². The van der Waals surface area contributed by atoms with Crippen LogP contribution in [0.15, 0.2) is 12.1 Å². The first kappa shape index (κ1) is 8.84. The van der Waals surface area contributed by atoms with E-state index in [0.717, 1.165) is 5.75 Å². The Labute approximate surface area is 81.5 Å². The zero-order valence-electron chi connectivity index (χ0n) is 6.94. The Balaban J connectivity index is 3.29. The number of rotatable bonds is 1. The van der Waals surface area contributed by atoms with Gasteiger partial charge in [-0.2, -0.15) is 0 Å². The molecule has 0 saturated heterocycles. The van der Waals surface area contributed by atoms with E-state index >= 15 is 0 Å². The lowest BCUT2D eigenvalue weighted by molar-refractivity contribution is 0.699. The molecule has 0 unspecified atom stereocenters. The van der Waals surface area contributed by atoms with Crippen LogP contribution in [0.1, 0.15) is 16.7 Å². The third-order valence-corrected chi connectivity index (χ3v) is 2.39. The van der Waals surface area contributed by atoms with E-state index in [1.54, 1.807) is 0 Å². The number of aryl methyl sites for hydroxylation is 2. The summed E-state index contributed by atoms with van der Waals surface area (Å²) in [6.45, 7) is 6.23. The van der Waals surface area contributed by atoms with Crippen molar-refractivity contribution < 1.29 is 3.07 Å². The summed E-state index contributed by atoms with van der Waals surface area (Å²) in [6, 6.07) is 4.19. The second-order valence-corrected chi connectivity index (χ2v) is 3.17. The number of hydrogen-bond donors (Lipinski definition) is 0. The largest absolute Gasteiger partial charge is 0.427 e. The average Bonchev–Trinajstić information content (AvgIpc) is 1.99. The first-order chi connectivity index (χ1) is 5.16. The summed E-state index contributed by atoms with van der Waals surface area (Å²) >= 11 is 1.92. The predicted molar refractivity (Wildman–Crippen MR) is 55.3 cm³/mol. The highest BCUT2D eigenvalue weighted by Gasteiger charge is 2.04. The Bertz CT molecular complexity index is 269. The van der Waals surface area contributed by atoms with E-state index in [0.29, 0.717) is 0 Å². The summed E-state index contributed by atoms with van der Waals surface area (Å²) in [7, 11) is 0. The molecule has 1 aromatic carbocycles. The predicted octanol–water partition coefficient (Wildman–Crippen LogP) is 3.34. The van der Waals surface area contributed by atoms with Crippen molar-refractivity contribution in [2.24, 2.45) is 0 Å². The van der Waals surface area contributed by atoms with Crippen LogP contribution in [0.25, 0.3) is 0 Å². The van der Waals surface area contributed by atoms with Gasteiger partial charge >= 0.3 is 0 Å². The van der Waals surface area contributed by atoms with Gasteiger partial charge in [-0.3, -0.25) is 0 Å². The summed E-state index contributed by atoms with van der Waals surface area (Å²) in [4.78, 5) is 0. The van der Waals surface area contributed by atoms with Gasteiger partial charge in [-0.25, -0.2) is 0 Å². The maximum absolute atomic E-state index is 5.23. The Morgan fingerprint density at radius 3 is 2.09 bits per heavy atom. The van der Waals surface area contributed by atoms with Crippen LogP contribution in [0, 0.1) is 20.8 Å². The molecule has 0 aliphatic heterocycles. The molecule has 0 aliphatic carbocycles. The quantitative estimate of drug-likeness (QED) is 0.705. The molecule has 0 atom stereocenters. The van der Waals surface area contributed by atoms with Gasteiger partial charge in [0.15, 0.2) is 23.0 Å². The molecule has 2 heteroatoms. The zero-order chi connectivity index (χ0) is 8.43. The Morgan fingerprint density at radius 1 is 1.09 bits per heavy atom. The fourth-order valence-corrected chi connectivity index (χ4v) is 1.72. The van der Waals surface area contributed by atoms with E-state index < -0.39 is 0 Å². The molecule has 0 saturated carbocycles. The van der Waals surface area contributed by atoms with E-state index in [4.69, 9.17) is 3.07 Å². The van der Waals surface area contributed by atoms with Crippen molar-refractivity contribution in [1.29, 1.82) is 0 Å². The lowest BCUT2D eigenvalue weighted by Crippen LogP contribution is -1.88. The van der Waals surface area contributed by atoms with Gasteiger partial charge in [-0.15, -0.1) is 0 Å². The first-order valence-corrected chi connectivity index (χ1v) is 4.40. The van der Waals surface area contributed by atoms with Crippen LogP contribution in [0.3, 0.4) is 0 Å². The summed E-state index contributed by atoms with van der Waals surface area (Å²) in [6.07, 6.45) is 0. The first-order valence-electron chi connectivity index (χ1n) is 3.52. The minimum Gasteiger partial charge on any atom is -0.427 e. The topological polar surface area (TPSA) is 9.23 Å². The molecular formula is C9H11IO. The van der Waals surface area contributed by atoms with Crippen LogP contribution < -0.4 is 3.07 Å². The molecule has 11 heavy (non-hydrogen) atoms. The van der Waals surface area contributed by atoms with Gasteiger partial charge in [0.2, 0.25) is 0 Å². The van der Waals surface area contributed by atoms with E-state index in [1.165, 1.54) is 16.7 Å². The Kier molecular flexibility index (Phi) is 2.76. The van der Waals surface area contributed by atoms with Crippen LogP contribution in [0.4, 0.5) is 0 Å². The molecule has 0 fully saturated rings. The summed E-state index contributed by atoms with van der Waals surface area (Å²) in [5, 5.41) is 0. The van der Waals surface area contributed by atoms with Crippen molar-refractivity contribution in [2.45, 2.75) is 20.8 Å². The van der Waals surface area contributed by atoms with Gasteiger partial charge in [0.1, 0.15) is 5.75 Å². The Morgan fingerprint density at radius 2 is 1.64 bits per heavy atom. The van der Waals surface area contributed by atoms with Gasteiger partial charge in [0.05, 0.1) is 0 Å². The van der Waals surface area contributed by atoms with Crippen molar-refractivity contribution >= 4 is 23.0 Å². The number of benzene rings is 1. The van der Waals surface area contributed by atoms with Crippen LogP contribution >= 0.6 is 23.0 Å². The highest BCUT2D eigenvalue weighted by Crippen LogP contribution is 2.26. The molecule has 0 N–H and O–H groups in total. The molecule has 1 nitrogen and oxygen atoms in total. The molecule has 0 bridgehead atoms. The molecule has 0 amide bonds. The van der Waals surface area contributed by atoms with Crippen LogP contribution in [0.2, 0.25) is 0 Å². The molecule has 0 spiro atoms. The minimum atomic E-state index is 1.01. The van der Waals surface area contributed by atoms with Crippen LogP contribution in [-0.2, 0) is 0 Å². The van der Waals surface area contributed by atoms with Crippen molar-refractivity contribution in [1.82, 2.24) is 0 Å². The van der Waals surface area contributed by atoms with Gasteiger partial charge < -0.3 is 3.07 Å². The van der Waals surface area contributed by atoms with E-state index in [2.05, 4.69) is 32.9 Å². The molecule has 0 aliphatic rings. The zero-order valence-corrected chi connectivity index (χ0v) is 9.10. The van der Waals surface area contributed by atoms with Gasteiger partial charge in [-0.1, -0.05) is 12.1 Å². The van der Waals surface area contributed by atoms with Crippen molar-refractivity contribution in [3.8, 4) is 5.75 Å². The summed E-state index contributed by atoms with van der Waals surface area (Å²) in [5.41, 5.74) is 3.71.